The lowest BCUT2D eigenvalue weighted by Gasteiger charge is -2.03. The molecule has 122 valence electrons. The molecule has 0 saturated carbocycles. The Balaban J connectivity index is 1.70. The molecule has 0 radical (unpaired) electrons. The van der Waals surface area contributed by atoms with Gasteiger partial charge in [-0.3, -0.25) is 4.79 Å². The number of nitrogens with one attached hydrogen (secondary N) is 1. The van der Waals surface area contributed by atoms with Gasteiger partial charge >= 0.3 is 0 Å². The van der Waals surface area contributed by atoms with Gasteiger partial charge in [0.15, 0.2) is 16.7 Å². The van der Waals surface area contributed by atoms with Gasteiger partial charge in [0.1, 0.15) is 5.25 Å². The first-order valence-electron chi connectivity index (χ1n) is 7.18. The number of benzene rings is 2. The largest absolute Gasteiger partial charge is 0.504 e. The summed E-state index contributed by atoms with van der Waals surface area (Å²) in [6.45, 7) is 0. The number of nitrogens with zero attached hydrogens (tertiary/aromatic N) is 2. The Kier molecular flexibility index (Phi) is 4.81. The summed E-state index contributed by atoms with van der Waals surface area (Å²) in [4.78, 5) is 12.0. The van der Waals surface area contributed by atoms with Crippen molar-refractivity contribution in [3.63, 3.8) is 0 Å². The molecule has 24 heavy (non-hydrogen) atoms. The fourth-order valence-electron chi connectivity index (χ4n) is 2.18. The second-order valence-electron chi connectivity index (χ2n) is 4.98. The van der Waals surface area contributed by atoms with Crippen LogP contribution in [0.3, 0.4) is 0 Å². The van der Waals surface area contributed by atoms with Crippen LogP contribution in [0.25, 0.3) is 0 Å². The number of methoxy groups -OCH3 is 1. The Bertz CT molecular complexity index is 806. The topological polar surface area (TPSA) is 83.3 Å². The Morgan fingerprint density at radius 2 is 2.04 bits per heavy atom. The van der Waals surface area contributed by atoms with E-state index in [-0.39, 0.29) is 16.9 Å². The van der Waals surface area contributed by atoms with Crippen molar-refractivity contribution in [2.75, 3.05) is 7.11 Å². The second kappa shape index (κ2) is 7.18. The Morgan fingerprint density at radius 1 is 1.25 bits per heavy atom. The molecule has 0 bridgehead atoms. The van der Waals surface area contributed by atoms with E-state index in [1.54, 1.807) is 12.1 Å². The first kappa shape index (κ1) is 16.1. The zero-order chi connectivity index (χ0) is 16.9. The Morgan fingerprint density at radius 3 is 2.79 bits per heavy atom. The molecular formula is C17H15N3O3S. The lowest BCUT2D eigenvalue weighted by atomic mass is 10.1. The van der Waals surface area contributed by atoms with E-state index in [2.05, 4.69) is 15.5 Å². The lowest BCUT2D eigenvalue weighted by molar-refractivity contribution is -0.118. The number of phenolic OH excluding ortho intramolecular Hbond substituents is 1. The van der Waals surface area contributed by atoms with Crippen molar-refractivity contribution in [2.24, 2.45) is 10.2 Å². The van der Waals surface area contributed by atoms with Crippen LogP contribution in [-0.2, 0) is 4.79 Å². The molecule has 1 amide bonds. The molecule has 7 heteroatoms. The highest BCUT2D eigenvalue weighted by molar-refractivity contribution is 8.15. The van der Waals surface area contributed by atoms with E-state index < -0.39 is 0 Å². The minimum Gasteiger partial charge on any atom is -0.504 e. The number of hydrogen-bond donors (Lipinski definition) is 2. The average Bonchev–Trinajstić information content (AvgIpc) is 2.98. The molecule has 1 fully saturated rings. The molecule has 2 aromatic rings. The lowest BCUT2D eigenvalue weighted by Crippen LogP contribution is -2.21. The van der Waals surface area contributed by atoms with Crippen LogP contribution in [0.2, 0.25) is 0 Å². The summed E-state index contributed by atoms with van der Waals surface area (Å²) in [6, 6.07) is 14.4. The van der Waals surface area contributed by atoms with Gasteiger partial charge in [0.05, 0.1) is 13.3 Å². The van der Waals surface area contributed by atoms with Gasteiger partial charge in [0, 0.05) is 0 Å². The first-order chi connectivity index (χ1) is 11.7. The van der Waals surface area contributed by atoms with Gasteiger partial charge in [-0.25, -0.2) is 0 Å². The third kappa shape index (κ3) is 3.57. The molecule has 1 aliphatic rings. The number of ether oxygens (including phenoxy) is 1. The van der Waals surface area contributed by atoms with Gasteiger partial charge in [-0.1, -0.05) is 42.1 Å². The molecule has 2 aromatic carbocycles. The number of carbonyl (C=O) groups excluding carboxylic acids is 1. The SMILES string of the molecule is COc1cc(/C=N/N=C2\NC(=O)[C@H](c3ccccc3)S2)ccc1O. The molecule has 1 aliphatic heterocycles. The molecule has 1 atom stereocenters. The van der Waals surface area contributed by atoms with Crippen LogP contribution in [0, 0.1) is 0 Å². The standard InChI is InChI=1S/C17H15N3O3S/c1-23-14-9-11(7-8-13(14)21)10-18-20-17-19-16(22)15(24-17)12-5-3-2-4-6-12/h2-10,15,21H,1H3,(H,19,20,22)/b18-10+/t15-/m0/s1. The zero-order valence-electron chi connectivity index (χ0n) is 12.8. The van der Waals surface area contributed by atoms with E-state index >= 15 is 0 Å². The van der Waals surface area contributed by atoms with Gasteiger partial charge < -0.3 is 15.2 Å². The summed E-state index contributed by atoms with van der Waals surface area (Å²) in [7, 11) is 1.48. The number of amides is 1. The van der Waals surface area contributed by atoms with E-state index in [9.17, 15) is 9.90 Å². The number of hydrogen-bond acceptors (Lipinski definition) is 6. The maximum Gasteiger partial charge on any atom is 0.244 e. The summed E-state index contributed by atoms with van der Waals surface area (Å²) in [5, 5.41) is 20.4. The Hall–Kier alpha value is -2.80. The van der Waals surface area contributed by atoms with Crippen molar-refractivity contribution in [1.82, 2.24) is 5.32 Å². The number of thioether (sulfide) groups is 1. The fourth-order valence-corrected chi connectivity index (χ4v) is 3.12. The predicted molar refractivity (Wildman–Crippen MR) is 94.6 cm³/mol. The van der Waals surface area contributed by atoms with E-state index in [1.165, 1.54) is 31.2 Å². The molecule has 1 saturated heterocycles. The number of amidine groups is 1. The summed E-state index contributed by atoms with van der Waals surface area (Å²) >= 11 is 1.33. The summed E-state index contributed by atoms with van der Waals surface area (Å²) in [6.07, 6.45) is 1.53. The van der Waals surface area contributed by atoms with Crippen LogP contribution in [0.4, 0.5) is 0 Å². The number of aromatic hydroxyl groups is 1. The molecule has 0 aromatic heterocycles. The van der Waals surface area contributed by atoms with Gasteiger partial charge in [-0.15, -0.1) is 5.10 Å². The van der Waals surface area contributed by atoms with Crippen molar-refractivity contribution < 1.29 is 14.6 Å². The van der Waals surface area contributed by atoms with Gasteiger partial charge in [0.25, 0.3) is 0 Å². The van der Waals surface area contributed by atoms with E-state index in [0.29, 0.717) is 10.9 Å². The van der Waals surface area contributed by atoms with Crippen LogP contribution in [0.15, 0.2) is 58.7 Å². The summed E-state index contributed by atoms with van der Waals surface area (Å²) < 4.78 is 5.03. The maximum atomic E-state index is 12.0. The molecule has 0 aliphatic carbocycles. The monoisotopic (exact) mass is 341 g/mol. The van der Waals surface area contributed by atoms with Crippen molar-refractivity contribution in [3.8, 4) is 11.5 Å². The predicted octanol–water partition coefficient (Wildman–Crippen LogP) is 2.70. The minimum absolute atomic E-state index is 0.0604. The number of rotatable bonds is 4. The highest BCUT2D eigenvalue weighted by Crippen LogP contribution is 2.34. The van der Waals surface area contributed by atoms with Crippen LogP contribution >= 0.6 is 11.8 Å². The van der Waals surface area contributed by atoms with Crippen molar-refractivity contribution in [2.45, 2.75) is 5.25 Å². The third-order valence-electron chi connectivity index (χ3n) is 3.36. The van der Waals surface area contributed by atoms with Crippen LogP contribution in [0.5, 0.6) is 11.5 Å². The fraction of sp³-hybridized carbons (Fsp3) is 0.118. The number of phenols is 1. The number of carbonyl (C=O) groups is 1. The molecule has 0 spiro atoms. The molecular weight excluding hydrogens is 326 g/mol. The normalized spacial score (nSPS) is 19.0. The smallest absolute Gasteiger partial charge is 0.244 e. The van der Waals surface area contributed by atoms with Crippen LogP contribution in [0.1, 0.15) is 16.4 Å². The molecule has 2 N–H and O–H groups in total. The van der Waals surface area contributed by atoms with Gasteiger partial charge in [-0.2, -0.15) is 5.10 Å². The van der Waals surface area contributed by atoms with Crippen molar-refractivity contribution >= 4 is 29.1 Å². The molecule has 1 heterocycles. The average molecular weight is 341 g/mol. The molecule has 0 unspecified atom stereocenters. The first-order valence-corrected chi connectivity index (χ1v) is 8.06. The van der Waals surface area contributed by atoms with E-state index in [4.69, 9.17) is 4.74 Å². The minimum atomic E-state index is -0.311. The second-order valence-corrected chi connectivity index (χ2v) is 6.07. The Labute approximate surface area is 143 Å². The van der Waals surface area contributed by atoms with Crippen molar-refractivity contribution in [1.29, 1.82) is 0 Å². The van der Waals surface area contributed by atoms with Gasteiger partial charge in [0.2, 0.25) is 5.91 Å². The van der Waals surface area contributed by atoms with Crippen LogP contribution in [-0.4, -0.2) is 29.5 Å². The maximum absolute atomic E-state index is 12.0. The summed E-state index contributed by atoms with van der Waals surface area (Å²) in [5.74, 6) is 0.316. The molecule has 6 nitrogen and oxygen atoms in total. The third-order valence-corrected chi connectivity index (χ3v) is 4.49. The van der Waals surface area contributed by atoms with Crippen molar-refractivity contribution in [3.05, 3.63) is 59.7 Å². The van der Waals surface area contributed by atoms with Gasteiger partial charge in [-0.05, 0) is 29.3 Å². The summed E-state index contributed by atoms with van der Waals surface area (Å²) in [5.41, 5.74) is 1.65. The highest BCUT2D eigenvalue weighted by Gasteiger charge is 2.31. The van der Waals surface area contributed by atoms with Crippen LogP contribution < -0.4 is 10.1 Å². The van der Waals surface area contributed by atoms with E-state index in [1.807, 2.05) is 30.3 Å². The highest BCUT2D eigenvalue weighted by atomic mass is 32.2. The van der Waals surface area contributed by atoms with E-state index in [0.717, 1.165) is 11.1 Å². The zero-order valence-corrected chi connectivity index (χ0v) is 13.7. The quantitative estimate of drug-likeness (QED) is 0.661. The molecule has 3 rings (SSSR count).